The molecule has 0 spiro atoms. The van der Waals surface area contributed by atoms with Gasteiger partial charge in [-0.1, -0.05) is 18.2 Å². The van der Waals surface area contributed by atoms with Crippen molar-refractivity contribution in [1.29, 1.82) is 0 Å². The van der Waals surface area contributed by atoms with Gasteiger partial charge in [0.05, 0.1) is 6.42 Å². The van der Waals surface area contributed by atoms with Crippen LogP contribution in [0.2, 0.25) is 0 Å². The van der Waals surface area contributed by atoms with E-state index in [4.69, 9.17) is 5.73 Å². The van der Waals surface area contributed by atoms with E-state index in [1.54, 1.807) is 37.3 Å². The second kappa shape index (κ2) is 5.52. The van der Waals surface area contributed by atoms with Crippen molar-refractivity contribution in [3.63, 3.8) is 0 Å². The Morgan fingerprint density at radius 1 is 1.26 bits per heavy atom. The van der Waals surface area contributed by atoms with Gasteiger partial charge < -0.3 is 11.1 Å². The van der Waals surface area contributed by atoms with Crippen LogP contribution in [0.4, 0.5) is 15.8 Å². The summed E-state index contributed by atoms with van der Waals surface area (Å²) in [6.45, 7) is 1.63. The summed E-state index contributed by atoms with van der Waals surface area (Å²) in [6.07, 6.45) is 0.209. The van der Waals surface area contributed by atoms with E-state index in [1.165, 1.54) is 6.07 Å². The number of amides is 1. The van der Waals surface area contributed by atoms with Gasteiger partial charge in [-0.15, -0.1) is 0 Å². The van der Waals surface area contributed by atoms with Crippen LogP contribution >= 0.6 is 0 Å². The summed E-state index contributed by atoms with van der Waals surface area (Å²) >= 11 is 0. The fraction of sp³-hybridized carbons (Fsp3) is 0.133. The number of rotatable bonds is 3. The molecule has 2 aromatic carbocycles. The molecule has 3 nitrogen and oxygen atoms in total. The van der Waals surface area contributed by atoms with Crippen LogP contribution in [0, 0.1) is 12.7 Å². The van der Waals surface area contributed by atoms with Gasteiger partial charge >= 0.3 is 0 Å². The number of carbonyl (C=O) groups excluding carboxylic acids is 1. The maximum absolute atomic E-state index is 13.3. The summed E-state index contributed by atoms with van der Waals surface area (Å²) in [5, 5.41) is 2.70. The van der Waals surface area contributed by atoms with Crippen LogP contribution in [0.5, 0.6) is 0 Å². The Morgan fingerprint density at radius 2 is 2.00 bits per heavy atom. The topological polar surface area (TPSA) is 55.1 Å². The number of nitrogen functional groups attached to an aromatic ring is 1. The van der Waals surface area contributed by atoms with Gasteiger partial charge in [0.25, 0.3) is 0 Å². The monoisotopic (exact) mass is 258 g/mol. The first-order chi connectivity index (χ1) is 9.06. The number of benzene rings is 2. The molecular weight excluding hydrogens is 243 g/mol. The molecular formula is C15H15FN2O. The molecule has 0 saturated carbocycles. The van der Waals surface area contributed by atoms with Gasteiger partial charge in [-0.25, -0.2) is 4.39 Å². The lowest BCUT2D eigenvalue weighted by Gasteiger charge is -2.09. The predicted molar refractivity (Wildman–Crippen MR) is 74.3 cm³/mol. The van der Waals surface area contributed by atoms with Crippen molar-refractivity contribution in [2.75, 3.05) is 11.1 Å². The molecule has 0 aromatic heterocycles. The van der Waals surface area contributed by atoms with E-state index >= 15 is 0 Å². The molecule has 0 aliphatic heterocycles. The van der Waals surface area contributed by atoms with E-state index in [-0.39, 0.29) is 18.1 Å². The van der Waals surface area contributed by atoms with Gasteiger partial charge in [0.2, 0.25) is 5.91 Å². The molecule has 19 heavy (non-hydrogen) atoms. The summed E-state index contributed by atoms with van der Waals surface area (Å²) in [4.78, 5) is 11.9. The third kappa shape index (κ3) is 3.31. The van der Waals surface area contributed by atoms with Gasteiger partial charge in [-0.2, -0.15) is 0 Å². The van der Waals surface area contributed by atoms with Crippen molar-refractivity contribution >= 4 is 17.3 Å². The molecule has 0 bridgehead atoms. The normalized spacial score (nSPS) is 10.2. The molecule has 4 heteroatoms. The fourth-order valence-corrected chi connectivity index (χ4v) is 1.83. The molecule has 0 atom stereocenters. The summed E-state index contributed by atoms with van der Waals surface area (Å²) in [5.41, 5.74) is 8.02. The highest BCUT2D eigenvalue weighted by molar-refractivity contribution is 5.93. The van der Waals surface area contributed by atoms with Crippen molar-refractivity contribution in [3.05, 3.63) is 59.4 Å². The first-order valence-corrected chi connectivity index (χ1v) is 5.95. The zero-order valence-corrected chi connectivity index (χ0v) is 10.6. The van der Waals surface area contributed by atoms with E-state index in [0.717, 1.165) is 5.56 Å². The Bertz CT molecular complexity index is 611. The first kappa shape index (κ1) is 13.1. The molecule has 1 amide bonds. The Morgan fingerprint density at radius 3 is 2.74 bits per heavy atom. The lowest BCUT2D eigenvalue weighted by atomic mass is 10.1. The summed E-state index contributed by atoms with van der Waals surface area (Å²) in [5.74, 6) is -0.527. The highest BCUT2D eigenvalue weighted by Gasteiger charge is 2.08. The third-order valence-electron chi connectivity index (χ3n) is 2.86. The third-order valence-corrected chi connectivity index (χ3v) is 2.86. The van der Waals surface area contributed by atoms with Crippen LogP contribution in [-0.2, 0) is 11.2 Å². The van der Waals surface area contributed by atoms with E-state index in [1.807, 2.05) is 6.07 Å². The Balaban J connectivity index is 2.08. The van der Waals surface area contributed by atoms with Crippen LogP contribution in [0.25, 0.3) is 0 Å². The second-order valence-corrected chi connectivity index (χ2v) is 4.38. The Labute approximate surface area is 111 Å². The lowest BCUT2D eigenvalue weighted by molar-refractivity contribution is -0.115. The van der Waals surface area contributed by atoms with Gasteiger partial charge in [0.1, 0.15) is 5.82 Å². The Hall–Kier alpha value is -2.36. The lowest BCUT2D eigenvalue weighted by Crippen LogP contribution is -2.15. The van der Waals surface area contributed by atoms with Crippen LogP contribution < -0.4 is 11.1 Å². The number of hydrogen-bond donors (Lipinski definition) is 2. The quantitative estimate of drug-likeness (QED) is 0.832. The van der Waals surface area contributed by atoms with Gasteiger partial charge in [0.15, 0.2) is 0 Å². The number of nitrogens with two attached hydrogens (primary N) is 1. The molecule has 0 aliphatic carbocycles. The van der Waals surface area contributed by atoms with E-state index in [2.05, 4.69) is 5.32 Å². The fourth-order valence-electron chi connectivity index (χ4n) is 1.83. The van der Waals surface area contributed by atoms with Gasteiger partial charge in [-0.3, -0.25) is 4.79 Å². The van der Waals surface area contributed by atoms with Crippen molar-refractivity contribution in [2.45, 2.75) is 13.3 Å². The molecule has 2 aromatic rings. The summed E-state index contributed by atoms with van der Waals surface area (Å²) < 4.78 is 13.3. The molecule has 0 saturated heterocycles. The number of nitrogens with one attached hydrogen (secondary N) is 1. The van der Waals surface area contributed by atoms with Crippen molar-refractivity contribution in [3.8, 4) is 0 Å². The molecule has 3 N–H and O–H groups in total. The van der Waals surface area contributed by atoms with Crippen LogP contribution in [0.15, 0.2) is 42.5 Å². The minimum absolute atomic E-state index is 0.195. The highest BCUT2D eigenvalue weighted by atomic mass is 19.1. The van der Waals surface area contributed by atoms with Crippen molar-refractivity contribution in [1.82, 2.24) is 0 Å². The average Bonchev–Trinajstić information content (AvgIpc) is 2.35. The first-order valence-electron chi connectivity index (χ1n) is 5.95. The largest absolute Gasteiger partial charge is 0.399 e. The second-order valence-electron chi connectivity index (χ2n) is 4.38. The summed E-state index contributed by atoms with van der Waals surface area (Å²) in [6, 6.07) is 11.7. The molecule has 2 rings (SSSR count). The van der Waals surface area contributed by atoms with Gasteiger partial charge in [0, 0.05) is 16.9 Å². The zero-order valence-electron chi connectivity index (χ0n) is 10.6. The number of carbonyl (C=O) groups is 1. The molecule has 0 aliphatic rings. The minimum Gasteiger partial charge on any atom is -0.399 e. The van der Waals surface area contributed by atoms with Crippen LogP contribution in [0.1, 0.15) is 11.1 Å². The highest BCUT2D eigenvalue weighted by Crippen LogP contribution is 2.18. The number of halogens is 1. The molecule has 0 heterocycles. The van der Waals surface area contributed by atoms with E-state index < -0.39 is 0 Å². The average molecular weight is 258 g/mol. The van der Waals surface area contributed by atoms with Crippen LogP contribution in [0.3, 0.4) is 0 Å². The zero-order chi connectivity index (χ0) is 13.8. The predicted octanol–water partition coefficient (Wildman–Crippen LogP) is 2.90. The maximum atomic E-state index is 13.3. The minimum atomic E-state index is -0.332. The number of anilines is 2. The van der Waals surface area contributed by atoms with E-state index in [9.17, 15) is 9.18 Å². The molecule has 0 unspecified atom stereocenters. The van der Waals surface area contributed by atoms with Crippen molar-refractivity contribution < 1.29 is 9.18 Å². The molecule has 98 valence electrons. The van der Waals surface area contributed by atoms with E-state index in [0.29, 0.717) is 16.9 Å². The molecule has 0 radical (unpaired) electrons. The smallest absolute Gasteiger partial charge is 0.228 e. The maximum Gasteiger partial charge on any atom is 0.228 e. The standard InChI is InChI=1S/C15H15FN2O/c1-10-13(16)6-3-7-14(10)18-15(19)9-11-4-2-5-12(17)8-11/h2-8H,9,17H2,1H3,(H,18,19). The molecule has 0 fully saturated rings. The Kier molecular flexibility index (Phi) is 3.80. The number of hydrogen-bond acceptors (Lipinski definition) is 2. The van der Waals surface area contributed by atoms with Crippen molar-refractivity contribution in [2.24, 2.45) is 0 Å². The summed E-state index contributed by atoms with van der Waals surface area (Å²) in [7, 11) is 0. The van der Waals surface area contributed by atoms with Crippen LogP contribution in [-0.4, -0.2) is 5.91 Å². The SMILES string of the molecule is Cc1c(F)cccc1NC(=O)Cc1cccc(N)c1. The van der Waals surface area contributed by atoms with Gasteiger partial charge in [-0.05, 0) is 36.8 Å².